The SMILES string of the molecule is C[C@@H](O)[C@H](O)c1ccc(ON(C(=N)N)C(=O)c2cccc(S(C)(=O)=O)c2)cc1. The van der Waals surface area contributed by atoms with Crippen molar-refractivity contribution in [1.29, 1.82) is 5.41 Å². The van der Waals surface area contributed by atoms with Crippen LogP contribution < -0.4 is 10.6 Å². The van der Waals surface area contributed by atoms with Gasteiger partial charge in [-0.3, -0.25) is 10.2 Å². The fourth-order valence-electron chi connectivity index (χ4n) is 2.29. The lowest BCUT2D eigenvalue weighted by Gasteiger charge is -2.21. The molecule has 0 saturated heterocycles. The monoisotopic (exact) mass is 407 g/mol. The molecule has 0 bridgehead atoms. The van der Waals surface area contributed by atoms with Crippen molar-refractivity contribution in [2.24, 2.45) is 5.73 Å². The van der Waals surface area contributed by atoms with Crippen LogP contribution in [0.4, 0.5) is 0 Å². The van der Waals surface area contributed by atoms with Crippen LogP contribution in [0.5, 0.6) is 5.75 Å². The minimum atomic E-state index is -3.52. The van der Waals surface area contributed by atoms with Gasteiger partial charge in [0.05, 0.1) is 11.0 Å². The van der Waals surface area contributed by atoms with E-state index in [4.69, 9.17) is 16.0 Å². The van der Waals surface area contributed by atoms with Crippen molar-refractivity contribution < 1.29 is 28.3 Å². The van der Waals surface area contributed by atoms with Gasteiger partial charge in [-0.25, -0.2) is 8.42 Å². The summed E-state index contributed by atoms with van der Waals surface area (Å²) in [7, 11) is -3.52. The Bertz CT molecular complexity index is 973. The molecule has 2 aromatic rings. The Balaban J connectivity index is 2.27. The largest absolute Gasteiger partial charge is 0.390 e. The van der Waals surface area contributed by atoms with Crippen molar-refractivity contribution in [2.45, 2.75) is 24.0 Å². The molecule has 1 amide bonds. The molecule has 0 aromatic heterocycles. The number of hydrogen-bond donors (Lipinski definition) is 4. The standard InChI is InChI=1S/C18H21N3O6S/c1-11(22)16(23)12-6-8-14(9-7-12)27-21(18(19)20)17(24)13-4-3-5-15(10-13)28(2,25)26/h3-11,16,22-23H,1-2H3,(H3,19,20)/t11-,16+/m1/s1. The van der Waals surface area contributed by atoms with Gasteiger partial charge in [-0.05, 0) is 42.8 Å². The van der Waals surface area contributed by atoms with E-state index in [0.717, 1.165) is 6.26 Å². The Morgan fingerprint density at radius 3 is 2.29 bits per heavy atom. The fraction of sp³-hybridized carbons (Fsp3) is 0.222. The van der Waals surface area contributed by atoms with E-state index >= 15 is 0 Å². The van der Waals surface area contributed by atoms with Gasteiger partial charge in [0.1, 0.15) is 6.10 Å². The van der Waals surface area contributed by atoms with Crippen LogP contribution in [-0.4, -0.2) is 47.9 Å². The van der Waals surface area contributed by atoms with Gasteiger partial charge >= 0.3 is 0 Å². The van der Waals surface area contributed by atoms with Gasteiger partial charge in [0.15, 0.2) is 15.6 Å². The van der Waals surface area contributed by atoms with E-state index in [1.807, 2.05) is 0 Å². The number of amides is 1. The highest BCUT2D eigenvalue weighted by molar-refractivity contribution is 7.90. The summed E-state index contributed by atoms with van der Waals surface area (Å²) in [6.45, 7) is 1.44. The topological polar surface area (TPSA) is 154 Å². The molecule has 2 aromatic carbocycles. The molecular formula is C18H21N3O6S. The van der Waals surface area contributed by atoms with Gasteiger partial charge in [0.25, 0.3) is 5.91 Å². The molecule has 150 valence electrons. The minimum absolute atomic E-state index is 0.0285. The van der Waals surface area contributed by atoms with E-state index in [1.54, 1.807) is 0 Å². The number of carbonyl (C=O) groups excluding carboxylic acids is 1. The van der Waals surface area contributed by atoms with E-state index in [1.165, 1.54) is 55.5 Å². The summed E-state index contributed by atoms with van der Waals surface area (Å²) in [4.78, 5) is 17.9. The number of rotatable bonds is 6. The van der Waals surface area contributed by atoms with Crippen molar-refractivity contribution in [3.05, 3.63) is 59.7 Å². The molecule has 0 fully saturated rings. The summed E-state index contributed by atoms with van der Waals surface area (Å²) in [5.41, 5.74) is 5.84. The molecule has 0 heterocycles. The number of hydroxylamine groups is 2. The van der Waals surface area contributed by atoms with Crippen LogP contribution >= 0.6 is 0 Å². The molecule has 0 spiro atoms. The van der Waals surface area contributed by atoms with Crippen molar-refractivity contribution in [3.8, 4) is 5.75 Å². The van der Waals surface area contributed by atoms with Gasteiger partial charge < -0.3 is 20.8 Å². The van der Waals surface area contributed by atoms with E-state index in [-0.39, 0.29) is 16.2 Å². The molecule has 0 saturated carbocycles. The minimum Gasteiger partial charge on any atom is -0.390 e. The van der Waals surface area contributed by atoms with E-state index < -0.39 is 33.9 Å². The number of carbonyl (C=O) groups is 1. The lowest BCUT2D eigenvalue weighted by Crippen LogP contribution is -2.43. The van der Waals surface area contributed by atoms with Crippen LogP contribution in [0.1, 0.15) is 28.9 Å². The normalized spacial score (nSPS) is 13.4. The van der Waals surface area contributed by atoms with Crippen LogP contribution in [0, 0.1) is 5.41 Å². The summed E-state index contributed by atoms with van der Waals surface area (Å²) < 4.78 is 23.4. The number of hydrogen-bond acceptors (Lipinski definition) is 7. The second-order valence-electron chi connectivity index (χ2n) is 6.13. The average molecular weight is 407 g/mol. The summed E-state index contributed by atoms with van der Waals surface area (Å²) in [5, 5.41) is 27.4. The molecule has 9 nitrogen and oxygen atoms in total. The highest BCUT2D eigenvalue weighted by Crippen LogP contribution is 2.21. The molecule has 0 unspecified atom stereocenters. The van der Waals surface area contributed by atoms with Gasteiger partial charge in [-0.1, -0.05) is 18.2 Å². The predicted octanol–water partition coefficient (Wildman–Crippen LogP) is 0.834. The number of nitrogens with zero attached hydrogens (tertiary/aromatic N) is 1. The highest BCUT2D eigenvalue weighted by atomic mass is 32.2. The first-order valence-corrected chi connectivity index (χ1v) is 10.0. The quantitative estimate of drug-likeness (QED) is 0.314. The third-order valence-corrected chi connectivity index (χ3v) is 4.90. The number of aliphatic hydroxyl groups is 2. The first kappa shape index (κ1) is 21.4. The number of aliphatic hydroxyl groups excluding tert-OH is 2. The molecule has 2 atom stereocenters. The smallest absolute Gasteiger partial charge is 0.294 e. The average Bonchev–Trinajstić information content (AvgIpc) is 2.64. The van der Waals surface area contributed by atoms with Gasteiger partial charge in [0, 0.05) is 11.8 Å². The molecule has 0 aliphatic carbocycles. The maximum absolute atomic E-state index is 12.6. The van der Waals surface area contributed by atoms with Gasteiger partial charge in [0.2, 0.25) is 5.96 Å². The van der Waals surface area contributed by atoms with Crippen molar-refractivity contribution in [1.82, 2.24) is 5.06 Å². The summed E-state index contributed by atoms with van der Waals surface area (Å²) >= 11 is 0. The van der Waals surface area contributed by atoms with Gasteiger partial charge in [-0.2, -0.15) is 0 Å². The molecule has 28 heavy (non-hydrogen) atoms. The second kappa shape index (κ2) is 8.38. The van der Waals surface area contributed by atoms with Gasteiger partial charge in [-0.15, -0.1) is 5.06 Å². The van der Waals surface area contributed by atoms with Crippen LogP contribution in [0.3, 0.4) is 0 Å². The zero-order chi connectivity index (χ0) is 21.1. The van der Waals surface area contributed by atoms with E-state index in [0.29, 0.717) is 10.6 Å². The molecule has 0 radical (unpaired) electrons. The summed E-state index contributed by atoms with van der Waals surface area (Å²) in [6.07, 6.45) is -1.04. The Hall–Kier alpha value is -2.95. The Kier molecular flexibility index (Phi) is 6.39. The maximum Gasteiger partial charge on any atom is 0.294 e. The molecule has 10 heteroatoms. The fourth-order valence-corrected chi connectivity index (χ4v) is 2.95. The third-order valence-electron chi connectivity index (χ3n) is 3.79. The summed E-state index contributed by atoms with van der Waals surface area (Å²) in [5.74, 6) is -1.39. The lowest BCUT2D eigenvalue weighted by atomic mass is 10.1. The number of benzene rings is 2. The predicted molar refractivity (Wildman–Crippen MR) is 101 cm³/mol. The van der Waals surface area contributed by atoms with Crippen molar-refractivity contribution in [3.63, 3.8) is 0 Å². The first-order chi connectivity index (χ1) is 13.0. The maximum atomic E-state index is 12.6. The molecule has 5 N–H and O–H groups in total. The van der Waals surface area contributed by atoms with Crippen LogP contribution in [0.25, 0.3) is 0 Å². The lowest BCUT2D eigenvalue weighted by molar-refractivity contribution is 0.0150. The number of nitrogens with one attached hydrogen (secondary N) is 1. The Morgan fingerprint density at radius 2 is 1.79 bits per heavy atom. The number of guanidine groups is 1. The second-order valence-corrected chi connectivity index (χ2v) is 8.15. The number of nitrogens with two attached hydrogens (primary N) is 1. The molecular weight excluding hydrogens is 386 g/mol. The van der Waals surface area contributed by atoms with E-state index in [2.05, 4.69) is 0 Å². The van der Waals surface area contributed by atoms with Crippen molar-refractivity contribution in [2.75, 3.05) is 6.26 Å². The highest BCUT2D eigenvalue weighted by Gasteiger charge is 2.23. The van der Waals surface area contributed by atoms with Crippen LogP contribution in [0.2, 0.25) is 0 Å². The van der Waals surface area contributed by atoms with Crippen LogP contribution in [0.15, 0.2) is 53.4 Å². The molecule has 2 rings (SSSR count). The molecule has 0 aliphatic heterocycles. The first-order valence-electron chi connectivity index (χ1n) is 8.13. The Morgan fingerprint density at radius 1 is 1.18 bits per heavy atom. The Labute approximate surface area is 162 Å². The number of sulfone groups is 1. The zero-order valence-corrected chi connectivity index (χ0v) is 16.1. The van der Waals surface area contributed by atoms with E-state index in [9.17, 15) is 23.4 Å². The third kappa shape index (κ3) is 5.06. The molecule has 0 aliphatic rings. The zero-order valence-electron chi connectivity index (χ0n) is 15.2. The van der Waals surface area contributed by atoms with Crippen LogP contribution in [-0.2, 0) is 9.84 Å². The van der Waals surface area contributed by atoms with Crippen molar-refractivity contribution >= 4 is 21.7 Å². The summed E-state index contributed by atoms with van der Waals surface area (Å²) in [6, 6.07) is 11.1.